The van der Waals surface area contributed by atoms with E-state index < -0.39 is 15.6 Å². The Hall–Kier alpha value is -2.38. The standard InChI is InChI=1S/C23H34N4O2S/c1-18(15-16-19-11-7-6-8-12-19)26-22(24-5)25-17-20-13-9-10-14-21(20)30(28,29)27-23(2,3)4/h6-14,18,27H,15-17H2,1-5H3,(H2,24,25,26). The monoisotopic (exact) mass is 430 g/mol. The van der Waals surface area contributed by atoms with E-state index in [1.807, 2.05) is 51.1 Å². The Morgan fingerprint density at radius 1 is 1.03 bits per heavy atom. The average Bonchev–Trinajstić information content (AvgIpc) is 2.68. The highest BCUT2D eigenvalue weighted by molar-refractivity contribution is 7.89. The molecule has 1 atom stereocenters. The van der Waals surface area contributed by atoms with Crippen LogP contribution in [-0.2, 0) is 23.0 Å². The molecule has 0 saturated heterocycles. The molecule has 7 heteroatoms. The molecule has 0 saturated carbocycles. The Balaban J connectivity index is 1.98. The fraction of sp³-hybridized carbons (Fsp3) is 0.435. The number of nitrogens with one attached hydrogen (secondary N) is 3. The molecular weight excluding hydrogens is 396 g/mol. The summed E-state index contributed by atoms with van der Waals surface area (Å²) in [5.74, 6) is 0.645. The Kier molecular flexibility index (Phi) is 8.43. The van der Waals surface area contributed by atoms with Crippen molar-refractivity contribution in [1.82, 2.24) is 15.4 Å². The van der Waals surface area contributed by atoms with Gasteiger partial charge in [0.2, 0.25) is 10.0 Å². The van der Waals surface area contributed by atoms with Crippen LogP contribution in [0.15, 0.2) is 64.5 Å². The summed E-state index contributed by atoms with van der Waals surface area (Å²) in [5, 5.41) is 6.61. The largest absolute Gasteiger partial charge is 0.354 e. The molecule has 0 spiro atoms. The molecule has 0 aliphatic heterocycles. The zero-order chi connectivity index (χ0) is 22.2. The second-order valence-corrected chi connectivity index (χ2v) is 10.1. The number of rotatable bonds is 8. The third-order valence-corrected chi connectivity index (χ3v) is 6.32. The van der Waals surface area contributed by atoms with Gasteiger partial charge in [0, 0.05) is 25.2 Å². The Morgan fingerprint density at radius 3 is 2.30 bits per heavy atom. The number of sulfonamides is 1. The van der Waals surface area contributed by atoms with E-state index in [0.29, 0.717) is 18.1 Å². The van der Waals surface area contributed by atoms with Crippen LogP contribution in [0.2, 0.25) is 0 Å². The molecule has 2 aromatic rings. The summed E-state index contributed by atoms with van der Waals surface area (Å²) in [6.07, 6.45) is 1.94. The zero-order valence-electron chi connectivity index (χ0n) is 18.6. The number of benzene rings is 2. The van der Waals surface area contributed by atoms with Crippen LogP contribution in [0, 0.1) is 0 Å². The van der Waals surface area contributed by atoms with Gasteiger partial charge in [-0.25, -0.2) is 13.1 Å². The lowest BCUT2D eigenvalue weighted by Crippen LogP contribution is -2.43. The first-order valence-corrected chi connectivity index (χ1v) is 11.7. The second-order valence-electron chi connectivity index (χ2n) is 8.46. The minimum atomic E-state index is -3.62. The Morgan fingerprint density at radius 2 is 1.67 bits per heavy atom. The maximum Gasteiger partial charge on any atom is 0.241 e. The number of aryl methyl sites for hydroxylation is 1. The summed E-state index contributed by atoms with van der Waals surface area (Å²) in [6, 6.07) is 17.6. The molecule has 1 unspecified atom stereocenters. The first-order chi connectivity index (χ1) is 14.1. The summed E-state index contributed by atoms with van der Waals surface area (Å²) in [6.45, 7) is 7.95. The van der Waals surface area contributed by atoms with E-state index in [2.05, 4.69) is 39.4 Å². The van der Waals surface area contributed by atoms with Crippen molar-refractivity contribution in [2.75, 3.05) is 7.05 Å². The van der Waals surface area contributed by atoms with Crippen LogP contribution < -0.4 is 15.4 Å². The van der Waals surface area contributed by atoms with Gasteiger partial charge in [0.25, 0.3) is 0 Å². The van der Waals surface area contributed by atoms with Crippen LogP contribution in [0.5, 0.6) is 0 Å². The van der Waals surface area contributed by atoms with E-state index in [0.717, 1.165) is 12.8 Å². The fourth-order valence-corrected chi connectivity index (χ4v) is 4.74. The maximum atomic E-state index is 12.8. The van der Waals surface area contributed by atoms with Crippen molar-refractivity contribution in [3.8, 4) is 0 Å². The van der Waals surface area contributed by atoms with E-state index >= 15 is 0 Å². The molecular formula is C23H34N4O2S. The lowest BCUT2D eigenvalue weighted by molar-refractivity contribution is 0.491. The number of aliphatic imine (C=N–C) groups is 1. The van der Waals surface area contributed by atoms with Gasteiger partial charge in [-0.2, -0.15) is 0 Å². The van der Waals surface area contributed by atoms with E-state index in [1.165, 1.54) is 5.56 Å². The van der Waals surface area contributed by atoms with Gasteiger partial charge in [0.05, 0.1) is 4.90 Å². The zero-order valence-corrected chi connectivity index (χ0v) is 19.4. The summed E-state index contributed by atoms with van der Waals surface area (Å²) < 4.78 is 28.3. The smallest absolute Gasteiger partial charge is 0.241 e. The normalized spacial score (nSPS) is 13.7. The minimum Gasteiger partial charge on any atom is -0.354 e. The fourth-order valence-electron chi connectivity index (χ4n) is 3.08. The van der Waals surface area contributed by atoms with Gasteiger partial charge < -0.3 is 10.6 Å². The quantitative estimate of drug-likeness (QED) is 0.442. The first kappa shape index (κ1) is 23.9. The van der Waals surface area contributed by atoms with Crippen molar-refractivity contribution in [2.24, 2.45) is 4.99 Å². The van der Waals surface area contributed by atoms with Crippen molar-refractivity contribution in [3.05, 3.63) is 65.7 Å². The first-order valence-electron chi connectivity index (χ1n) is 10.2. The minimum absolute atomic E-state index is 0.220. The number of hydrogen-bond donors (Lipinski definition) is 3. The third-order valence-electron chi connectivity index (χ3n) is 4.46. The number of nitrogens with zero attached hydrogens (tertiary/aromatic N) is 1. The van der Waals surface area contributed by atoms with Crippen molar-refractivity contribution in [3.63, 3.8) is 0 Å². The highest BCUT2D eigenvalue weighted by Crippen LogP contribution is 2.17. The molecule has 0 aliphatic rings. The summed E-state index contributed by atoms with van der Waals surface area (Å²) in [5.41, 5.74) is 1.44. The van der Waals surface area contributed by atoms with E-state index in [4.69, 9.17) is 0 Å². The van der Waals surface area contributed by atoms with Crippen LogP contribution in [0.25, 0.3) is 0 Å². The summed E-state index contributed by atoms with van der Waals surface area (Å²) in [7, 11) is -1.90. The molecule has 0 fully saturated rings. The van der Waals surface area contributed by atoms with Gasteiger partial charge in [-0.05, 0) is 57.7 Å². The van der Waals surface area contributed by atoms with E-state index in [9.17, 15) is 8.42 Å². The van der Waals surface area contributed by atoms with Crippen molar-refractivity contribution < 1.29 is 8.42 Å². The second kappa shape index (κ2) is 10.6. The third kappa shape index (κ3) is 7.80. The van der Waals surface area contributed by atoms with E-state index in [1.54, 1.807) is 19.2 Å². The molecule has 164 valence electrons. The van der Waals surface area contributed by atoms with Crippen molar-refractivity contribution in [1.29, 1.82) is 0 Å². The molecule has 30 heavy (non-hydrogen) atoms. The van der Waals surface area contributed by atoms with Crippen LogP contribution in [0.4, 0.5) is 0 Å². The molecule has 0 aliphatic carbocycles. The SMILES string of the molecule is CN=C(NCc1ccccc1S(=O)(=O)NC(C)(C)C)NC(C)CCc1ccccc1. The van der Waals surface area contributed by atoms with Gasteiger partial charge in [-0.15, -0.1) is 0 Å². The number of hydrogen-bond acceptors (Lipinski definition) is 3. The maximum absolute atomic E-state index is 12.8. The average molecular weight is 431 g/mol. The Bertz CT molecular complexity index is 935. The lowest BCUT2D eigenvalue weighted by Gasteiger charge is -2.22. The van der Waals surface area contributed by atoms with Gasteiger partial charge >= 0.3 is 0 Å². The van der Waals surface area contributed by atoms with Crippen LogP contribution in [0.1, 0.15) is 45.2 Å². The van der Waals surface area contributed by atoms with Gasteiger partial charge in [0.1, 0.15) is 0 Å². The van der Waals surface area contributed by atoms with E-state index in [-0.39, 0.29) is 10.9 Å². The van der Waals surface area contributed by atoms with Gasteiger partial charge in [-0.3, -0.25) is 4.99 Å². The van der Waals surface area contributed by atoms with Crippen molar-refractivity contribution in [2.45, 2.75) is 63.6 Å². The molecule has 6 nitrogen and oxygen atoms in total. The predicted molar refractivity (Wildman–Crippen MR) is 124 cm³/mol. The van der Waals surface area contributed by atoms with Crippen LogP contribution in [-0.4, -0.2) is 33.0 Å². The predicted octanol–water partition coefficient (Wildman–Crippen LogP) is 3.45. The van der Waals surface area contributed by atoms with Crippen LogP contribution >= 0.6 is 0 Å². The molecule has 0 amide bonds. The van der Waals surface area contributed by atoms with Gasteiger partial charge in [0.15, 0.2) is 5.96 Å². The molecule has 0 heterocycles. The molecule has 2 rings (SSSR count). The molecule has 0 radical (unpaired) electrons. The Labute approximate surface area is 181 Å². The molecule has 3 N–H and O–H groups in total. The highest BCUT2D eigenvalue weighted by Gasteiger charge is 2.24. The molecule has 0 bridgehead atoms. The van der Waals surface area contributed by atoms with Gasteiger partial charge in [-0.1, -0.05) is 48.5 Å². The van der Waals surface area contributed by atoms with Crippen LogP contribution in [0.3, 0.4) is 0 Å². The summed E-state index contributed by atoms with van der Waals surface area (Å²) >= 11 is 0. The molecule has 0 aromatic heterocycles. The molecule has 2 aromatic carbocycles. The lowest BCUT2D eigenvalue weighted by atomic mass is 10.1. The highest BCUT2D eigenvalue weighted by atomic mass is 32.2. The number of guanidine groups is 1. The summed E-state index contributed by atoms with van der Waals surface area (Å²) in [4.78, 5) is 4.56. The van der Waals surface area contributed by atoms with Crippen molar-refractivity contribution >= 4 is 16.0 Å². The topological polar surface area (TPSA) is 82.6 Å².